The van der Waals surface area contributed by atoms with Crippen LogP contribution < -0.4 is 4.74 Å². The molecule has 2 aromatic rings. The van der Waals surface area contributed by atoms with Crippen molar-refractivity contribution in [2.45, 2.75) is 46.0 Å². The van der Waals surface area contributed by atoms with Crippen LogP contribution in [-0.2, 0) is 0 Å². The van der Waals surface area contributed by atoms with Crippen molar-refractivity contribution in [3.05, 3.63) is 47.4 Å². The van der Waals surface area contributed by atoms with Gasteiger partial charge in [0.05, 0.1) is 29.9 Å². The Morgan fingerprint density at radius 1 is 1.20 bits per heavy atom. The molecule has 2 N–H and O–H groups in total. The standard InChI is InChI=1S/C21H27N3O/c1-4-5-6-7-9-16-12-17(23-15(16)2)13-20-21(25-3)14-19(24-20)18-10-8-11-22-18/h8,10-14,22,24H,4-7,9H2,1-3H3/b17-13-. The normalized spacial score (nSPS) is 15.6. The number of hydrogen-bond donors (Lipinski definition) is 2. The van der Waals surface area contributed by atoms with Gasteiger partial charge in [0, 0.05) is 18.0 Å². The van der Waals surface area contributed by atoms with Crippen molar-refractivity contribution >= 4 is 11.8 Å². The Morgan fingerprint density at radius 2 is 2.08 bits per heavy atom. The molecule has 0 saturated carbocycles. The van der Waals surface area contributed by atoms with E-state index in [0.29, 0.717) is 0 Å². The lowest BCUT2D eigenvalue weighted by Gasteiger charge is -2.01. The molecule has 2 aromatic heterocycles. The summed E-state index contributed by atoms with van der Waals surface area (Å²) < 4.78 is 5.52. The van der Waals surface area contributed by atoms with Crippen LogP contribution in [0.4, 0.5) is 0 Å². The van der Waals surface area contributed by atoms with Crippen molar-refractivity contribution in [3.63, 3.8) is 0 Å². The fraction of sp³-hybridized carbons (Fsp3) is 0.381. The molecule has 132 valence electrons. The van der Waals surface area contributed by atoms with Crippen LogP contribution in [0.15, 0.2) is 46.7 Å². The minimum Gasteiger partial charge on any atom is -0.494 e. The highest BCUT2D eigenvalue weighted by molar-refractivity contribution is 6.02. The first-order valence-corrected chi connectivity index (χ1v) is 9.10. The van der Waals surface area contributed by atoms with E-state index < -0.39 is 0 Å². The van der Waals surface area contributed by atoms with Gasteiger partial charge in [0.2, 0.25) is 0 Å². The van der Waals surface area contributed by atoms with Crippen molar-refractivity contribution < 1.29 is 4.74 Å². The summed E-state index contributed by atoms with van der Waals surface area (Å²) >= 11 is 0. The Kier molecular flexibility index (Phi) is 5.59. The first-order chi connectivity index (χ1) is 12.2. The zero-order valence-corrected chi connectivity index (χ0v) is 15.4. The lowest BCUT2D eigenvalue weighted by molar-refractivity contribution is 0.414. The van der Waals surface area contributed by atoms with Gasteiger partial charge in [-0.2, -0.15) is 0 Å². The number of hydrogen-bond acceptors (Lipinski definition) is 2. The van der Waals surface area contributed by atoms with Crippen LogP contribution in [0.2, 0.25) is 0 Å². The average molecular weight is 337 g/mol. The van der Waals surface area contributed by atoms with Crippen molar-refractivity contribution in [1.82, 2.24) is 9.97 Å². The highest BCUT2D eigenvalue weighted by Crippen LogP contribution is 2.30. The second kappa shape index (κ2) is 8.06. The fourth-order valence-corrected chi connectivity index (χ4v) is 3.17. The summed E-state index contributed by atoms with van der Waals surface area (Å²) in [5, 5.41) is 0. The molecule has 0 aromatic carbocycles. The van der Waals surface area contributed by atoms with E-state index >= 15 is 0 Å². The summed E-state index contributed by atoms with van der Waals surface area (Å²) in [6.07, 6.45) is 12.4. The molecule has 25 heavy (non-hydrogen) atoms. The minimum absolute atomic E-state index is 0.828. The molecule has 3 heterocycles. The highest BCUT2D eigenvalue weighted by atomic mass is 16.5. The molecule has 0 aliphatic carbocycles. The predicted octanol–water partition coefficient (Wildman–Crippen LogP) is 5.73. The van der Waals surface area contributed by atoms with Gasteiger partial charge >= 0.3 is 0 Å². The molecule has 0 saturated heterocycles. The van der Waals surface area contributed by atoms with E-state index in [4.69, 9.17) is 9.73 Å². The van der Waals surface area contributed by atoms with Crippen LogP contribution in [0.3, 0.4) is 0 Å². The monoisotopic (exact) mass is 337 g/mol. The van der Waals surface area contributed by atoms with Crippen molar-refractivity contribution in [1.29, 1.82) is 0 Å². The van der Waals surface area contributed by atoms with Crippen LogP contribution in [0.1, 0.15) is 51.6 Å². The Labute approximate surface area is 149 Å². The Hall–Kier alpha value is -2.49. The van der Waals surface area contributed by atoms with Crippen molar-refractivity contribution in [2.24, 2.45) is 4.99 Å². The number of ether oxygens (including phenoxy) is 1. The summed E-state index contributed by atoms with van der Waals surface area (Å²) in [7, 11) is 1.70. The van der Waals surface area contributed by atoms with Crippen LogP contribution in [0.5, 0.6) is 5.75 Å². The summed E-state index contributed by atoms with van der Waals surface area (Å²) in [5.41, 5.74) is 6.48. The second-order valence-corrected chi connectivity index (χ2v) is 6.50. The molecule has 4 nitrogen and oxygen atoms in total. The number of H-pyrrole nitrogens is 2. The molecular weight excluding hydrogens is 310 g/mol. The fourth-order valence-electron chi connectivity index (χ4n) is 3.17. The van der Waals surface area contributed by atoms with Crippen LogP contribution in [0.25, 0.3) is 17.5 Å². The number of aromatic amines is 2. The molecule has 0 fully saturated rings. The molecule has 4 heteroatoms. The number of methoxy groups -OCH3 is 1. The van der Waals surface area contributed by atoms with Crippen molar-refractivity contribution in [2.75, 3.05) is 7.11 Å². The molecule has 0 unspecified atom stereocenters. The Balaban J connectivity index is 1.78. The van der Waals surface area contributed by atoms with Gasteiger partial charge in [-0.3, -0.25) is 4.99 Å². The maximum Gasteiger partial charge on any atom is 0.144 e. The molecule has 0 spiro atoms. The first-order valence-electron chi connectivity index (χ1n) is 9.10. The number of allylic oxidation sites excluding steroid dienone is 2. The third kappa shape index (κ3) is 4.13. The van der Waals surface area contributed by atoms with Crippen LogP contribution in [0, 0.1) is 0 Å². The van der Waals surface area contributed by atoms with Gasteiger partial charge in [0.1, 0.15) is 5.75 Å². The van der Waals surface area contributed by atoms with Gasteiger partial charge in [0.25, 0.3) is 0 Å². The van der Waals surface area contributed by atoms with Gasteiger partial charge in [0.15, 0.2) is 0 Å². The lowest BCUT2D eigenvalue weighted by Crippen LogP contribution is -1.92. The number of rotatable bonds is 8. The molecule has 1 aliphatic heterocycles. The zero-order chi connectivity index (χ0) is 17.6. The highest BCUT2D eigenvalue weighted by Gasteiger charge is 2.13. The topological polar surface area (TPSA) is 53.2 Å². The van der Waals surface area contributed by atoms with E-state index in [1.54, 1.807) is 7.11 Å². The number of nitrogens with one attached hydrogen (secondary N) is 2. The van der Waals surface area contributed by atoms with Gasteiger partial charge in [-0.25, -0.2) is 0 Å². The molecule has 0 bridgehead atoms. The number of nitrogens with zero attached hydrogens (tertiary/aromatic N) is 1. The second-order valence-electron chi connectivity index (χ2n) is 6.50. The number of aliphatic imine (C=N–C) groups is 1. The van der Waals surface area contributed by atoms with E-state index in [-0.39, 0.29) is 0 Å². The average Bonchev–Trinajstić information content (AvgIpc) is 3.32. The van der Waals surface area contributed by atoms with E-state index in [1.807, 2.05) is 24.4 Å². The summed E-state index contributed by atoms with van der Waals surface area (Å²) in [6, 6.07) is 6.03. The Morgan fingerprint density at radius 3 is 2.80 bits per heavy atom. The lowest BCUT2D eigenvalue weighted by atomic mass is 10.0. The van der Waals surface area contributed by atoms with Crippen molar-refractivity contribution in [3.8, 4) is 17.1 Å². The van der Waals surface area contributed by atoms with E-state index in [9.17, 15) is 0 Å². The molecule has 1 aliphatic rings. The first kappa shape index (κ1) is 17.3. The third-order valence-corrected chi connectivity index (χ3v) is 4.59. The zero-order valence-electron chi connectivity index (χ0n) is 15.4. The Bertz CT molecular complexity index is 791. The number of aromatic nitrogens is 2. The van der Waals surface area contributed by atoms with E-state index in [0.717, 1.165) is 40.7 Å². The quantitative estimate of drug-likeness (QED) is 0.594. The van der Waals surface area contributed by atoms with E-state index in [1.165, 1.54) is 31.3 Å². The summed E-state index contributed by atoms with van der Waals surface area (Å²) in [6.45, 7) is 4.34. The third-order valence-electron chi connectivity index (χ3n) is 4.59. The van der Waals surface area contributed by atoms with E-state index in [2.05, 4.69) is 36.0 Å². The van der Waals surface area contributed by atoms with Gasteiger partial charge in [-0.05, 0) is 49.6 Å². The molecular formula is C21H27N3O. The van der Waals surface area contributed by atoms with Gasteiger partial charge < -0.3 is 14.7 Å². The smallest absolute Gasteiger partial charge is 0.144 e. The maximum absolute atomic E-state index is 5.52. The van der Waals surface area contributed by atoms with Gasteiger partial charge in [-0.1, -0.05) is 26.2 Å². The molecule has 0 atom stereocenters. The van der Waals surface area contributed by atoms with Gasteiger partial charge in [-0.15, -0.1) is 0 Å². The molecule has 0 amide bonds. The van der Waals surface area contributed by atoms with Crippen LogP contribution in [-0.4, -0.2) is 22.8 Å². The van der Waals surface area contributed by atoms with Crippen LogP contribution >= 0.6 is 0 Å². The SMILES string of the molecule is CCCCCCC1=C/C(=C/c2[nH]c(-c3ccc[nH]3)cc2OC)N=C1C. The maximum atomic E-state index is 5.52. The minimum atomic E-state index is 0.828. The molecule has 3 rings (SSSR count). The molecule has 0 radical (unpaired) electrons. The number of unbranched alkanes of at least 4 members (excludes halogenated alkanes) is 3. The largest absolute Gasteiger partial charge is 0.494 e. The predicted molar refractivity (Wildman–Crippen MR) is 105 cm³/mol. The summed E-state index contributed by atoms with van der Waals surface area (Å²) in [4.78, 5) is 11.3. The summed E-state index contributed by atoms with van der Waals surface area (Å²) in [5.74, 6) is 0.828.